The number of amides is 1. The summed E-state index contributed by atoms with van der Waals surface area (Å²) in [7, 11) is 0. The third-order valence-corrected chi connectivity index (χ3v) is 4.58. The fourth-order valence-electron chi connectivity index (χ4n) is 3.17. The molecule has 2 aromatic carbocycles. The van der Waals surface area contributed by atoms with Gasteiger partial charge in [0.1, 0.15) is 0 Å². The van der Waals surface area contributed by atoms with Gasteiger partial charge in [0, 0.05) is 6.54 Å². The fraction of sp³-hybridized carbons (Fsp3) is 0.500. The molecule has 0 bridgehead atoms. The van der Waals surface area contributed by atoms with Crippen molar-refractivity contribution < 1.29 is 4.79 Å². The maximum atomic E-state index is 12.2. The first-order chi connectivity index (χ1) is 11.8. The van der Waals surface area contributed by atoms with Crippen LogP contribution in [-0.2, 0) is 11.2 Å². The van der Waals surface area contributed by atoms with Crippen LogP contribution in [0.4, 0.5) is 0 Å². The van der Waals surface area contributed by atoms with E-state index in [1.54, 1.807) is 0 Å². The highest BCUT2D eigenvalue weighted by Crippen LogP contribution is 2.18. The first-order valence-electron chi connectivity index (χ1n) is 9.54. The molecular weight excluding hydrogens is 294 g/mol. The lowest BCUT2D eigenvalue weighted by Gasteiger charge is -2.08. The quantitative estimate of drug-likeness (QED) is 0.532. The fourth-order valence-corrected chi connectivity index (χ4v) is 3.17. The van der Waals surface area contributed by atoms with Crippen molar-refractivity contribution in [2.45, 2.75) is 64.7 Å². The highest BCUT2D eigenvalue weighted by Gasteiger charge is 2.06. The second-order valence-electron chi connectivity index (χ2n) is 6.64. The SMILES string of the molecule is CCCCCCCCCCNC(=O)Cc1cccc2ccccc12. The van der Waals surface area contributed by atoms with Crippen LogP contribution >= 0.6 is 0 Å². The van der Waals surface area contributed by atoms with E-state index in [0.717, 1.165) is 18.5 Å². The first kappa shape index (κ1) is 18.5. The Labute approximate surface area is 146 Å². The van der Waals surface area contributed by atoms with Crippen molar-refractivity contribution >= 4 is 16.7 Å². The van der Waals surface area contributed by atoms with E-state index >= 15 is 0 Å². The van der Waals surface area contributed by atoms with Crippen LogP contribution < -0.4 is 5.32 Å². The van der Waals surface area contributed by atoms with Gasteiger partial charge in [0.2, 0.25) is 5.91 Å². The Morgan fingerprint density at radius 2 is 1.50 bits per heavy atom. The normalized spacial score (nSPS) is 10.9. The molecule has 2 heteroatoms. The summed E-state index contributed by atoms with van der Waals surface area (Å²) in [6, 6.07) is 14.4. The predicted octanol–water partition coefficient (Wildman–Crippen LogP) is 5.64. The second kappa shape index (κ2) is 10.9. The van der Waals surface area contributed by atoms with E-state index in [0.29, 0.717) is 6.42 Å². The van der Waals surface area contributed by atoms with Gasteiger partial charge < -0.3 is 5.32 Å². The molecule has 2 aromatic rings. The summed E-state index contributed by atoms with van der Waals surface area (Å²) in [6.07, 6.45) is 10.8. The molecule has 0 aromatic heterocycles. The smallest absolute Gasteiger partial charge is 0.224 e. The Hall–Kier alpha value is -1.83. The molecular formula is C22H31NO. The van der Waals surface area contributed by atoms with Crippen LogP contribution in [0.5, 0.6) is 0 Å². The summed E-state index contributed by atoms with van der Waals surface area (Å²) in [5.74, 6) is 0.134. The molecule has 0 spiro atoms. The summed E-state index contributed by atoms with van der Waals surface area (Å²) >= 11 is 0. The minimum Gasteiger partial charge on any atom is -0.356 e. The number of carbonyl (C=O) groups excluding carboxylic acids is 1. The highest BCUT2D eigenvalue weighted by atomic mass is 16.1. The van der Waals surface area contributed by atoms with Gasteiger partial charge in [-0.15, -0.1) is 0 Å². The largest absolute Gasteiger partial charge is 0.356 e. The molecule has 0 aliphatic rings. The molecule has 2 nitrogen and oxygen atoms in total. The van der Waals surface area contributed by atoms with Gasteiger partial charge in [-0.3, -0.25) is 4.79 Å². The molecule has 0 aliphatic heterocycles. The van der Waals surface area contributed by atoms with Crippen molar-refractivity contribution in [1.82, 2.24) is 5.32 Å². The minimum atomic E-state index is 0.134. The maximum Gasteiger partial charge on any atom is 0.224 e. The second-order valence-corrected chi connectivity index (χ2v) is 6.64. The summed E-state index contributed by atoms with van der Waals surface area (Å²) < 4.78 is 0. The molecule has 0 atom stereocenters. The molecule has 1 amide bonds. The van der Waals surface area contributed by atoms with Gasteiger partial charge in [-0.2, -0.15) is 0 Å². The standard InChI is InChI=1S/C22H31NO/c1-2-3-4-5-6-7-8-11-17-23-22(24)18-20-15-12-14-19-13-9-10-16-21(19)20/h9-10,12-16H,2-8,11,17-18H2,1H3,(H,23,24). The number of unbranched alkanes of at least 4 members (excludes halogenated alkanes) is 7. The van der Waals surface area contributed by atoms with E-state index < -0.39 is 0 Å². The van der Waals surface area contributed by atoms with Gasteiger partial charge in [0.15, 0.2) is 0 Å². The molecule has 0 unspecified atom stereocenters. The topological polar surface area (TPSA) is 29.1 Å². The zero-order chi connectivity index (χ0) is 17.0. The monoisotopic (exact) mass is 325 g/mol. The molecule has 0 radical (unpaired) electrons. The number of hydrogen-bond acceptors (Lipinski definition) is 1. The molecule has 0 saturated heterocycles. The van der Waals surface area contributed by atoms with Crippen LogP contribution in [0.15, 0.2) is 42.5 Å². The van der Waals surface area contributed by atoms with Crippen molar-refractivity contribution in [3.8, 4) is 0 Å². The van der Waals surface area contributed by atoms with Crippen molar-refractivity contribution in [2.75, 3.05) is 6.54 Å². The number of carbonyl (C=O) groups is 1. The minimum absolute atomic E-state index is 0.134. The first-order valence-corrected chi connectivity index (χ1v) is 9.54. The van der Waals surface area contributed by atoms with Gasteiger partial charge in [0.25, 0.3) is 0 Å². The number of benzene rings is 2. The number of hydrogen-bond donors (Lipinski definition) is 1. The zero-order valence-corrected chi connectivity index (χ0v) is 15.0. The van der Waals surface area contributed by atoms with Crippen molar-refractivity contribution in [2.24, 2.45) is 0 Å². The lowest BCUT2D eigenvalue weighted by molar-refractivity contribution is -0.120. The van der Waals surface area contributed by atoms with Crippen molar-refractivity contribution in [3.63, 3.8) is 0 Å². The zero-order valence-electron chi connectivity index (χ0n) is 15.0. The molecule has 2 rings (SSSR count). The van der Waals surface area contributed by atoms with Gasteiger partial charge in [-0.05, 0) is 22.8 Å². The average Bonchev–Trinajstić information content (AvgIpc) is 2.61. The summed E-state index contributed by atoms with van der Waals surface area (Å²) in [4.78, 5) is 12.2. The molecule has 0 aliphatic carbocycles. The van der Waals surface area contributed by atoms with Crippen LogP contribution in [0.1, 0.15) is 63.9 Å². The summed E-state index contributed by atoms with van der Waals surface area (Å²) in [6.45, 7) is 3.06. The molecule has 0 saturated carbocycles. The highest BCUT2D eigenvalue weighted by molar-refractivity contribution is 5.90. The lowest BCUT2D eigenvalue weighted by Crippen LogP contribution is -2.26. The van der Waals surface area contributed by atoms with E-state index in [-0.39, 0.29) is 5.91 Å². The predicted molar refractivity (Wildman–Crippen MR) is 103 cm³/mol. The van der Waals surface area contributed by atoms with Crippen LogP contribution in [-0.4, -0.2) is 12.5 Å². The van der Waals surface area contributed by atoms with Crippen LogP contribution in [0.3, 0.4) is 0 Å². The van der Waals surface area contributed by atoms with Crippen LogP contribution in [0.25, 0.3) is 10.8 Å². The van der Waals surface area contributed by atoms with Gasteiger partial charge >= 0.3 is 0 Å². The van der Waals surface area contributed by atoms with Crippen LogP contribution in [0, 0.1) is 0 Å². The van der Waals surface area contributed by atoms with E-state index in [1.165, 1.54) is 55.7 Å². The summed E-state index contributed by atoms with van der Waals surface area (Å²) in [5.41, 5.74) is 1.11. The Balaban J connectivity index is 1.63. The Bertz CT molecular complexity index is 615. The molecule has 1 N–H and O–H groups in total. The number of rotatable bonds is 11. The lowest BCUT2D eigenvalue weighted by atomic mass is 10.0. The van der Waals surface area contributed by atoms with Crippen molar-refractivity contribution in [3.05, 3.63) is 48.0 Å². The van der Waals surface area contributed by atoms with Crippen molar-refractivity contribution in [1.29, 1.82) is 0 Å². The van der Waals surface area contributed by atoms with Gasteiger partial charge in [-0.1, -0.05) is 94.3 Å². The summed E-state index contributed by atoms with van der Waals surface area (Å²) in [5, 5.41) is 5.45. The Kier molecular flexibility index (Phi) is 8.37. The average molecular weight is 325 g/mol. The Morgan fingerprint density at radius 1 is 0.833 bits per heavy atom. The molecule has 130 valence electrons. The Morgan fingerprint density at radius 3 is 2.29 bits per heavy atom. The number of fused-ring (bicyclic) bond motifs is 1. The third-order valence-electron chi connectivity index (χ3n) is 4.58. The maximum absolute atomic E-state index is 12.2. The molecule has 0 heterocycles. The molecule has 0 fully saturated rings. The van der Waals surface area contributed by atoms with E-state index in [1.807, 2.05) is 18.2 Å². The third kappa shape index (κ3) is 6.35. The molecule has 24 heavy (non-hydrogen) atoms. The van der Waals surface area contributed by atoms with E-state index in [2.05, 4.69) is 36.5 Å². The van der Waals surface area contributed by atoms with Crippen LogP contribution in [0.2, 0.25) is 0 Å². The van der Waals surface area contributed by atoms with Gasteiger partial charge in [0.05, 0.1) is 6.42 Å². The van der Waals surface area contributed by atoms with E-state index in [4.69, 9.17) is 0 Å². The number of nitrogens with one attached hydrogen (secondary N) is 1. The van der Waals surface area contributed by atoms with E-state index in [9.17, 15) is 4.79 Å². The van der Waals surface area contributed by atoms with Gasteiger partial charge in [-0.25, -0.2) is 0 Å².